The van der Waals surface area contributed by atoms with Gasteiger partial charge in [0.1, 0.15) is 11.3 Å². The zero-order valence-electron chi connectivity index (χ0n) is 16.4. The molecule has 1 aromatic heterocycles. The minimum Gasteiger partial charge on any atom is -0.484 e. The average Bonchev–Trinajstić information content (AvgIpc) is 3.30. The first-order chi connectivity index (χ1) is 13.8. The summed E-state index contributed by atoms with van der Waals surface area (Å²) in [4.78, 5) is 26.4. The number of rotatable bonds is 5. The Morgan fingerprint density at radius 1 is 1.17 bits per heavy atom. The van der Waals surface area contributed by atoms with Gasteiger partial charge in [-0.3, -0.25) is 4.79 Å². The lowest BCUT2D eigenvalue weighted by Crippen LogP contribution is -2.48. The van der Waals surface area contributed by atoms with Gasteiger partial charge in [-0.25, -0.2) is 13.2 Å². The van der Waals surface area contributed by atoms with Crippen LogP contribution in [0.5, 0.6) is 5.75 Å². The van der Waals surface area contributed by atoms with Gasteiger partial charge in [0.05, 0.1) is 11.5 Å². The van der Waals surface area contributed by atoms with E-state index in [0.29, 0.717) is 17.8 Å². The molecule has 0 spiro atoms. The maximum Gasteiger partial charge on any atom is 0.336 e. The van der Waals surface area contributed by atoms with Crippen molar-refractivity contribution in [1.29, 1.82) is 0 Å². The van der Waals surface area contributed by atoms with Gasteiger partial charge < -0.3 is 14.1 Å². The molecule has 1 saturated heterocycles. The van der Waals surface area contributed by atoms with Crippen molar-refractivity contribution in [1.82, 2.24) is 4.90 Å². The van der Waals surface area contributed by atoms with Gasteiger partial charge in [0, 0.05) is 29.6 Å². The zero-order valence-corrected chi connectivity index (χ0v) is 17.2. The van der Waals surface area contributed by atoms with Gasteiger partial charge in [-0.1, -0.05) is 12.8 Å². The largest absolute Gasteiger partial charge is 0.484 e. The summed E-state index contributed by atoms with van der Waals surface area (Å²) in [7, 11) is -3.08. The normalized spacial score (nSPS) is 21.5. The van der Waals surface area contributed by atoms with E-state index in [1.807, 2.05) is 6.92 Å². The molecule has 0 bridgehead atoms. The molecule has 1 aliphatic heterocycles. The number of hydrogen-bond donors (Lipinski definition) is 0. The van der Waals surface area contributed by atoms with Gasteiger partial charge >= 0.3 is 5.63 Å². The second-order valence-corrected chi connectivity index (χ2v) is 10.2. The van der Waals surface area contributed by atoms with Crippen LogP contribution in [0.15, 0.2) is 33.5 Å². The number of nitrogens with zero attached hydrogens (tertiary/aromatic N) is 1. The highest BCUT2D eigenvalue weighted by Gasteiger charge is 2.39. The molecule has 2 heterocycles. The molecule has 0 unspecified atom stereocenters. The van der Waals surface area contributed by atoms with Crippen LogP contribution in [0.3, 0.4) is 0 Å². The van der Waals surface area contributed by atoms with E-state index in [1.165, 1.54) is 6.07 Å². The molecule has 1 amide bonds. The standard InChI is InChI=1S/C21H25NO6S/c1-14-10-21(24)28-19-11-17(6-7-18(14)19)27-12-20(23)22(15-4-2-3-5-15)16-8-9-29(25,26)13-16/h6-7,10-11,15-16H,2-5,8-9,12-13H2,1H3/t16-/m0/s1. The van der Waals surface area contributed by atoms with Crippen LogP contribution in [0.4, 0.5) is 0 Å². The fraction of sp³-hybridized carbons (Fsp3) is 0.524. The van der Waals surface area contributed by atoms with Gasteiger partial charge in [-0.2, -0.15) is 0 Å². The van der Waals surface area contributed by atoms with E-state index < -0.39 is 15.5 Å². The third kappa shape index (κ3) is 4.32. The maximum absolute atomic E-state index is 13.0. The number of fused-ring (bicyclic) bond motifs is 1. The molecule has 1 aliphatic carbocycles. The predicted octanol–water partition coefficient (Wildman–Crippen LogP) is 2.44. The number of benzene rings is 1. The number of amides is 1. The number of sulfone groups is 1. The summed E-state index contributed by atoms with van der Waals surface area (Å²) < 4.78 is 34.8. The molecular formula is C21H25NO6S. The van der Waals surface area contributed by atoms with Crippen LogP contribution in [0, 0.1) is 6.92 Å². The fourth-order valence-corrected chi connectivity index (χ4v) is 6.21. The smallest absolute Gasteiger partial charge is 0.336 e. The van der Waals surface area contributed by atoms with Gasteiger partial charge in [0.15, 0.2) is 16.4 Å². The Morgan fingerprint density at radius 3 is 2.62 bits per heavy atom. The molecule has 8 heteroatoms. The molecule has 1 aromatic carbocycles. The van der Waals surface area contributed by atoms with Crippen molar-refractivity contribution in [2.24, 2.45) is 0 Å². The zero-order chi connectivity index (χ0) is 20.6. The Hall–Kier alpha value is -2.35. The van der Waals surface area contributed by atoms with Crippen LogP contribution < -0.4 is 10.4 Å². The number of carbonyl (C=O) groups is 1. The molecule has 2 aliphatic rings. The molecule has 1 atom stereocenters. The minimum atomic E-state index is -3.08. The van der Waals surface area contributed by atoms with Gasteiger partial charge in [0.2, 0.25) is 0 Å². The average molecular weight is 419 g/mol. The third-order valence-corrected chi connectivity index (χ3v) is 7.64. The first kappa shape index (κ1) is 19.9. The molecule has 2 fully saturated rings. The van der Waals surface area contributed by atoms with E-state index in [4.69, 9.17) is 9.15 Å². The number of aryl methyl sites for hydroxylation is 1. The number of ether oxygens (including phenoxy) is 1. The summed E-state index contributed by atoms with van der Waals surface area (Å²) in [5.41, 5.74) is 0.793. The third-order valence-electron chi connectivity index (χ3n) is 5.89. The first-order valence-electron chi connectivity index (χ1n) is 10.0. The molecule has 7 nitrogen and oxygen atoms in total. The maximum atomic E-state index is 13.0. The summed E-state index contributed by atoms with van der Waals surface area (Å²) >= 11 is 0. The lowest BCUT2D eigenvalue weighted by atomic mass is 10.1. The fourth-order valence-electron chi connectivity index (χ4n) is 4.50. The van der Waals surface area contributed by atoms with Crippen molar-refractivity contribution in [2.45, 2.75) is 51.1 Å². The van der Waals surface area contributed by atoms with E-state index in [1.54, 1.807) is 23.1 Å². The molecule has 0 N–H and O–H groups in total. The van der Waals surface area contributed by atoms with Crippen LogP contribution in [-0.4, -0.2) is 49.4 Å². The van der Waals surface area contributed by atoms with E-state index in [-0.39, 0.29) is 36.1 Å². The summed E-state index contributed by atoms with van der Waals surface area (Å²) in [5.74, 6) is 0.420. The van der Waals surface area contributed by atoms with Gasteiger partial charge in [-0.05, 0) is 43.9 Å². The van der Waals surface area contributed by atoms with Gasteiger partial charge in [0.25, 0.3) is 5.91 Å². The second-order valence-electron chi connectivity index (χ2n) is 7.99. The Bertz CT molecular complexity index is 1080. The molecular weight excluding hydrogens is 394 g/mol. The quantitative estimate of drug-likeness (QED) is 0.691. The lowest BCUT2D eigenvalue weighted by Gasteiger charge is -2.34. The monoisotopic (exact) mass is 419 g/mol. The Kier molecular flexibility index (Phi) is 5.38. The summed E-state index contributed by atoms with van der Waals surface area (Å²) in [5, 5.41) is 0.812. The highest BCUT2D eigenvalue weighted by Crippen LogP contribution is 2.29. The lowest BCUT2D eigenvalue weighted by molar-refractivity contribution is -0.137. The highest BCUT2D eigenvalue weighted by molar-refractivity contribution is 7.91. The predicted molar refractivity (Wildman–Crippen MR) is 109 cm³/mol. The molecule has 29 heavy (non-hydrogen) atoms. The van der Waals surface area contributed by atoms with Crippen molar-refractivity contribution in [2.75, 3.05) is 18.1 Å². The Balaban J connectivity index is 1.50. The van der Waals surface area contributed by atoms with Crippen molar-refractivity contribution in [3.05, 3.63) is 40.2 Å². The molecule has 156 valence electrons. The van der Waals surface area contributed by atoms with Crippen molar-refractivity contribution >= 4 is 26.7 Å². The molecule has 4 rings (SSSR count). The van der Waals surface area contributed by atoms with Crippen molar-refractivity contribution in [3.8, 4) is 5.75 Å². The van der Waals surface area contributed by atoms with Crippen LogP contribution >= 0.6 is 0 Å². The minimum absolute atomic E-state index is 0.0373. The van der Waals surface area contributed by atoms with Crippen LogP contribution in [0.2, 0.25) is 0 Å². The SMILES string of the molecule is Cc1cc(=O)oc2cc(OCC(=O)N(C3CCCC3)[C@H]3CCS(=O)(=O)C3)ccc12. The summed E-state index contributed by atoms with van der Waals surface area (Å²) in [6, 6.07) is 6.39. The second kappa shape index (κ2) is 7.82. The van der Waals surface area contributed by atoms with Crippen LogP contribution in [-0.2, 0) is 14.6 Å². The highest BCUT2D eigenvalue weighted by atomic mass is 32.2. The summed E-state index contributed by atoms with van der Waals surface area (Å²) in [6.45, 7) is 1.66. The Labute approximate surface area is 169 Å². The van der Waals surface area contributed by atoms with E-state index in [0.717, 1.165) is 36.6 Å². The first-order valence-corrected chi connectivity index (χ1v) is 11.8. The van der Waals surface area contributed by atoms with Crippen LogP contribution in [0.25, 0.3) is 11.0 Å². The topological polar surface area (TPSA) is 93.9 Å². The van der Waals surface area contributed by atoms with E-state index >= 15 is 0 Å². The number of carbonyl (C=O) groups excluding carboxylic acids is 1. The molecule has 2 aromatic rings. The van der Waals surface area contributed by atoms with Crippen molar-refractivity contribution < 1.29 is 22.4 Å². The van der Waals surface area contributed by atoms with E-state index in [2.05, 4.69) is 0 Å². The summed E-state index contributed by atoms with van der Waals surface area (Å²) in [6.07, 6.45) is 4.41. The van der Waals surface area contributed by atoms with Crippen LogP contribution in [0.1, 0.15) is 37.7 Å². The van der Waals surface area contributed by atoms with Gasteiger partial charge in [-0.15, -0.1) is 0 Å². The van der Waals surface area contributed by atoms with E-state index in [9.17, 15) is 18.0 Å². The Morgan fingerprint density at radius 2 is 1.93 bits per heavy atom. The number of hydrogen-bond acceptors (Lipinski definition) is 6. The van der Waals surface area contributed by atoms with Crippen molar-refractivity contribution in [3.63, 3.8) is 0 Å². The molecule has 1 saturated carbocycles. The molecule has 0 radical (unpaired) electrons.